The van der Waals surface area contributed by atoms with E-state index in [0.29, 0.717) is 10.7 Å². The fourth-order valence-corrected chi connectivity index (χ4v) is 2.48. The van der Waals surface area contributed by atoms with Gasteiger partial charge in [0.25, 0.3) is 0 Å². The Labute approximate surface area is 119 Å². The number of hydrogen-bond donors (Lipinski definition) is 0. The maximum Gasteiger partial charge on any atom is 0.218 e. The first-order valence-corrected chi connectivity index (χ1v) is 6.75. The summed E-state index contributed by atoms with van der Waals surface area (Å²) in [4.78, 5) is 11.6. The minimum Gasteiger partial charge on any atom is -0.298 e. The molecule has 0 atom stereocenters. The predicted octanol–water partition coefficient (Wildman–Crippen LogP) is 2.63. The van der Waals surface area contributed by atoms with E-state index < -0.39 is 0 Å². The maximum absolute atomic E-state index is 10.6. The maximum atomic E-state index is 10.6. The molecular formula is C14H10N4OS. The highest BCUT2D eigenvalue weighted by molar-refractivity contribution is 7.99. The molecule has 0 radical (unpaired) electrons. The van der Waals surface area contributed by atoms with Crippen LogP contribution in [-0.2, 0) is 0 Å². The van der Waals surface area contributed by atoms with E-state index in [1.165, 1.54) is 11.8 Å². The van der Waals surface area contributed by atoms with Crippen molar-refractivity contribution in [2.24, 2.45) is 0 Å². The largest absolute Gasteiger partial charge is 0.298 e. The van der Waals surface area contributed by atoms with Crippen molar-refractivity contribution in [3.8, 4) is 5.69 Å². The van der Waals surface area contributed by atoms with Crippen LogP contribution in [0.4, 0.5) is 0 Å². The topological polar surface area (TPSA) is 60.7 Å². The zero-order valence-corrected chi connectivity index (χ0v) is 11.2. The number of hydrogen-bond acceptors (Lipinski definition) is 5. The lowest BCUT2D eigenvalue weighted by atomic mass is 10.2. The Balaban J connectivity index is 1.88. The minimum atomic E-state index is 0.650. The minimum absolute atomic E-state index is 0.650. The number of carbonyl (C=O) groups is 1. The zero-order valence-electron chi connectivity index (χ0n) is 10.4. The standard InChI is InChI=1S/C14H10N4OS/c19-10-11-6-8-13(9-7-11)20-14-15-16-17-18(14)12-4-2-1-3-5-12/h1-10H. The number of aldehydes is 1. The fraction of sp³-hybridized carbons (Fsp3) is 0. The Morgan fingerprint density at radius 1 is 1.00 bits per heavy atom. The number of rotatable bonds is 4. The van der Waals surface area contributed by atoms with E-state index in [2.05, 4.69) is 15.5 Å². The molecule has 0 aliphatic heterocycles. The molecule has 0 saturated carbocycles. The lowest BCUT2D eigenvalue weighted by molar-refractivity contribution is 0.112. The molecule has 98 valence electrons. The molecule has 0 saturated heterocycles. The quantitative estimate of drug-likeness (QED) is 0.688. The third-order valence-electron chi connectivity index (χ3n) is 2.67. The molecule has 0 amide bonds. The van der Waals surface area contributed by atoms with Crippen LogP contribution in [0.25, 0.3) is 5.69 Å². The molecule has 1 aromatic heterocycles. The highest BCUT2D eigenvalue weighted by atomic mass is 32.2. The van der Waals surface area contributed by atoms with Crippen molar-refractivity contribution in [1.29, 1.82) is 0 Å². The Kier molecular flexibility index (Phi) is 3.56. The van der Waals surface area contributed by atoms with Crippen molar-refractivity contribution >= 4 is 18.0 Å². The van der Waals surface area contributed by atoms with Gasteiger partial charge in [-0.1, -0.05) is 30.3 Å². The van der Waals surface area contributed by atoms with Gasteiger partial charge in [-0.15, -0.1) is 5.10 Å². The molecule has 0 aliphatic carbocycles. The molecular weight excluding hydrogens is 272 g/mol. The summed E-state index contributed by atoms with van der Waals surface area (Å²) in [5.41, 5.74) is 1.56. The summed E-state index contributed by atoms with van der Waals surface area (Å²) >= 11 is 1.45. The lowest BCUT2D eigenvalue weighted by Gasteiger charge is -2.03. The first-order valence-electron chi connectivity index (χ1n) is 5.94. The van der Waals surface area contributed by atoms with Gasteiger partial charge in [0.15, 0.2) is 0 Å². The first kappa shape index (κ1) is 12.6. The summed E-state index contributed by atoms with van der Waals surface area (Å²) < 4.78 is 1.68. The number of nitrogens with zero attached hydrogens (tertiary/aromatic N) is 4. The molecule has 5 nitrogen and oxygen atoms in total. The van der Waals surface area contributed by atoms with Crippen LogP contribution in [0.5, 0.6) is 0 Å². The smallest absolute Gasteiger partial charge is 0.218 e. The van der Waals surface area contributed by atoms with Crippen LogP contribution in [0.2, 0.25) is 0 Å². The molecule has 1 heterocycles. The van der Waals surface area contributed by atoms with Gasteiger partial charge in [-0.3, -0.25) is 4.79 Å². The monoisotopic (exact) mass is 282 g/mol. The number of tetrazole rings is 1. The zero-order chi connectivity index (χ0) is 13.8. The summed E-state index contributed by atoms with van der Waals surface area (Å²) in [5, 5.41) is 12.4. The molecule has 3 aromatic rings. The van der Waals surface area contributed by atoms with Crippen LogP contribution in [-0.4, -0.2) is 26.5 Å². The van der Waals surface area contributed by atoms with Gasteiger partial charge in [0.2, 0.25) is 5.16 Å². The van der Waals surface area contributed by atoms with Gasteiger partial charge in [0.1, 0.15) is 6.29 Å². The van der Waals surface area contributed by atoms with Crippen LogP contribution in [0, 0.1) is 0 Å². The molecule has 2 aromatic carbocycles. The van der Waals surface area contributed by atoms with Crippen LogP contribution in [0.1, 0.15) is 10.4 Å². The van der Waals surface area contributed by atoms with Crippen LogP contribution in [0.3, 0.4) is 0 Å². The van der Waals surface area contributed by atoms with Crippen molar-refractivity contribution in [1.82, 2.24) is 20.2 Å². The SMILES string of the molecule is O=Cc1ccc(Sc2nnnn2-c2ccccc2)cc1. The Hall–Kier alpha value is -2.47. The highest BCUT2D eigenvalue weighted by Crippen LogP contribution is 2.26. The fourth-order valence-electron chi connectivity index (χ4n) is 1.69. The van der Waals surface area contributed by atoms with Gasteiger partial charge in [-0.2, -0.15) is 4.68 Å². The summed E-state index contributed by atoms with van der Waals surface area (Å²) in [6.07, 6.45) is 0.822. The van der Waals surface area contributed by atoms with Gasteiger partial charge >= 0.3 is 0 Å². The van der Waals surface area contributed by atoms with Gasteiger partial charge in [0, 0.05) is 10.5 Å². The second kappa shape index (κ2) is 5.66. The van der Waals surface area contributed by atoms with Crippen molar-refractivity contribution in [2.45, 2.75) is 10.1 Å². The van der Waals surface area contributed by atoms with E-state index in [4.69, 9.17) is 0 Å². The summed E-state index contributed by atoms with van der Waals surface area (Å²) in [5.74, 6) is 0. The average molecular weight is 282 g/mol. The van der Waals surface area contributed by atoms with E-state index in [1.54, 1.807) is 16.8 Å². The van der Waals surface area contributed by atoms with Crippen molar-refractivity contribution in [2.75, 3.05) is 0 Å². The Morgan fingerprint density at radius 3 is 2.45 bits per heavy atom. The number of aromatic nitrogens is 4. The second-order valence-electron chi connectivity index (χ2n) is 4.00. The first-order chi connectivity index (χ1) is 9.86. The summed E-state index contributed by atoms with van der Waals surface area (Å²) in [7, 11) is 0. The van der Waals surface area contributed by atoms with E-state index in [9.17, 15) is 4.79 Å². The van der Waals surface area contributed by atoms with E-state index >= 15 is 0 Å². The third-order valence-corrected chi connectivity index (χ3v) is 3.61. The van der Waals surface area contributed by atoms with Crippen LogP contribution in [0.15, 0.2) is 64.6 Å². The molecule has 20 heavy (non-hydrogen) atoms. The van der Waals surface area contributed by atoms with Crippen LogP contribution >= 0.6 is 11.8 Å². The number of para-hydroxylation sites is 1. The number of carbonyl (C=O) groups excluding carboxylic acids is 1. The van der Waals surface area contributed by atoms with Gasteiger partial charge < -0.3 is 0 Å². The summed E-state index contributed by atoms with van der Waals surface area (Å²) in [6, 6.07) is 17.0. The molecule has 0 N–H and O–H groups in total. The molecule has 3 rings (SSSR count). The predicted molar refractivity (Wildman–Crippen MR) is 75.1 cm³/mol. The molecule has 6 heteroatoms. The molecule has 0 unspecified atom stereocenters. The molecule has 0 aliphatic rings. The van der Waals surface area contributed by atoms with Gasteiger partial charge in [-0.05, 0) is 46.5 Å². The highest BCUT2D eigenvalue weighted by Gasteiger charge is 2.09. The lowest BCUT2D eigenvalue weighted by Crippen LogP contribution is -1.98. The Morgan fingerprint density at radius 2 is 1.75 bits per heavy atom. The van der Waals surface area contributed by atoms with Crippen molar-refractivity contribution in [3.63, 3.8) is 0 Å². The van der Waals surface area contributed by atoms with E-state index in [1.807, 2.05) is 42.5 Å². The summed E-state index contributed by atoms with van der Waals surface area (Å²) in [6.45, 7) is 0. The van der Waals surface area contributed by atoms with Crippen LogP contribution < -0.4 is 0 Å². The molecule has 0 spiro atoms. The normalized spacial score (nSPS) is 10.4. The molecule has 0 fully saturated rings. The van der Waals surface area contributed by atoms with Gasteiger partial charge in [-0.25, -0.2) is 0 Å². The molecule has 0 bridgehead atoms. The van der Waals surface area contributed by atoms with Crippen molar-refractivity contribution < 1.29 is 4.79 Å². The number of benzene rings is 2. The van der Waals surface area contributed by atoms with Gasteiger partial charge in [0.05, 0.1) is 5.69 Å². The van der Waals surface area contributed by atoms with E-state index in [0.717, 1.165) is 16.9 Å². The second-order valence-corrected chi connectivity index (χ2v) is 5.04. The third kappa shape index (κ3) is 2.60. The van der Waals surface area contributed by atoms with E-state index in [-0.39, 0.29) is 0 Å². The van der Waals surface area contributed by atoms with Crippen molar-refractivity contribution in [3.05, 3.63) is 60.2 Å². The Bertz CT molecular complexity index is 710. The average Bonchev–Trinajstić information content (AvgIpc) is 2.97.